The number of amides is 1. The number of rotatable bonds is 2. The van der Waals surface area contributed by atoms with Crippen molar-refractivity contribution in [2.75, 3.05) is 5.32 Å². The summed E-state index contributed by atoms with van der Waals surface area (Å²) in [6, 6.07) is 6.42. The van der Waals surface area contributed by atoms with Crippen LogP contribution in [0.25, 0.3) is 0 Å². The first-order valence-electron chi connectivity index (χ1n) is 5.25. The van der Waals surface area contributed by atoms with Crippen molar-refractivity contribution in [3.8, 4) is 0 Å². The van der Waals surface area contributed by atoms with Gasteiger partial charge in [-0.15, -0.1) is 0 Å². The van der Waals surface area contributed by atoms with Crippen LogP contribution in [0.2, 0.25) is 0 Å². The number of hydrogen-bond acceptors (Lipinski definition) is 2. The lowest BCUT2D eigenvalue weighted by Crippen LogP contribution is -2.14. The summed E-state index contributed by atoms with van der Waals surface area (Å²) >= 11 is 0. The molecule has 0 fully saturated rings. The van der Waals surface area contributed by atoms with Crippen molar-refractivity contribution in [3.63, 3.8) is 0 Å². The first kappa shape index (κ1) is 12.2. The molecule has 1 aromatic carbocycles. The van der Waals surface area contributed by atoms with E-state index < -0.39 is 17.5 Å². The van der Waals surface area contributed by atoms with Gasteiger partial charge in [-0.05, 0) is 42.8 Å². The van der Waals surface area contributed by atoms with Crippen LogP contribution in [0.15, 0.2) is 36.5 Å². The monoisotopic (exact) mass is 248 g/mol. The Labute approximate surface area is 102 Å². The van der Waals surface area contributed by atoms with E-state index in [-0.39, 0.29) is 5.82 Å². The normalized spacial score (nSPS) is 10.2. The maximum Gasteiger partial charge on any atom is 0.257 e. The molecule has 5 heteroatoms. The van der Waals surface area contributed by atoms with Crippen molar-refractivity contribution in [3.05, 3.63) is 59.3 Å². The highest BCUT2D eigenvalue weighted by atomic mass is 19.1. The summed E-state index contributed by atoms with van der Waals surface area (Å²) < 4.78 is 25.5. The van der Waals surface area contributed by atoms with E-state index in [0.29, 0.717) is 11.1 Å². The van der Waals surface area contributed by atoms with Crippen LogP contribution in [0.1, 0.15) is 15.9 Å². The van der Waals surface area contributed by atoms with Gasteiger partial charge in [0.25, 0.3) is 5.91 Å². The predicted octanol–water partition coefficient (Wildman–Crippen LogP) is 2.92. The van der Waals surface area contributed by atoms with Crippen molar-refractivity contribution >= 4 is 11.7 Å². The standard InChI is InChI=1S/C13H10F2N2O/c1-8-6-9(14)2-4-11(8)13(18)17-12-5-3-10(15)7-16-12/h2-7H,1H3,(H,16,17,18). The minimum Gasteiger partial charge on any atom is -0.307 e. The number of anilines is 1. The fourth-order valence-corrected chi connectivity index (χ4v) is 1.52. The van der Waals surface area contributed by atoms with Crippen molar-refractivity contribution in [1.29, 1.82) is 0 Å². The van der Waals surface area contributed by atoms with Crippen LogP contribution in [0.4, 0.5) is 14.6 Å². The van der Waals surface area contributed by atoms with E-state index >= 15 is 0 Å². The summed E-state index contributed by atoms with van der Waals surface area (Å²) in [4.78, 5) is 15.6. The number of carbonyl (C=O) groups excluding carboxylic acids is 1. The zero-order chi connectivity index (χ0) is 13.1. The number of aromatic nitrogens is 1. The summed E-state index contributed by atoms with van der Waals surface area (Å²) in [6.07, 6.45) is 1.01. The minimum absolute atomic E-state index is 0.241. The molecule has 0 atom stereocenters. The molecule has 0 saturated heterocycles. The van der Waals surface area contributed by atoms with Crippen LogP contribution >= 0.6 is 0 Å². The highest BCUT2D eigenvalue weighted by Gasteiger charge is 2.10. The average Bonchev–Trinajstić information content (AvgIpc) is 2.32. The lowest BCUT2D eigenvalue weighted by Gasteiger charge is -2.06. The van der Waals surface area contributed by atoms with E-state index in [2.05, 4.69) is 10.3 Å². The fraction of sp³-hybridized carbons (Fsp3) is 0.0769. The van der Waals surface area contributed by atoms with Crippen molar-refractivity contribution in [2.24, 2.45) is 0 Å². The number of carbonyl (C=O) groups is 1. The number of benzene rings is 1. The number of halogens is 2. The Balaban J connectivity index is 2.19. The van der Waals surface area contributed by atoms with Crippen LogP contribution < -0.4 is 5.32 Å². The summed E-state index contributed by atoms with van der Waals surface area (Å²) in [5, 5.41) is 2.51. The Morgan fingerprint density at radius 2 is 1.89 bits per heavy atom. The first-order valence-corrected chi connectivity index (χ1v) is 5.25. The lowest BCUT2D eigenvalue weighted by atomic mass is 10.1. The van der Waals surface area contributed by atoms with Gasteiger partial charge in [0.1, 0.15) is 17.5 Å². The maximum absolute atomic E-state index is 12.9. The van der Waals surface area contributed by atoms with Crippen molar-refractivity contribution < 1.29 is 13.6 Å². The van der Waals surface area contributed by atoms with Gasteiger partial charge in [0.2, 0.25) is 0 Å². The van der Waals surface area contributed by atoms with Gasteiger partial charge in [-0.1, -0.05) is 0 Å². The molecule has 1 aromatic heterocycles. The van der Waals surface area contributed by atoms with E-state index in [4.69, 9.17) is 0 Å². The van der Waals surface area contributed by atoms with E-state index in [1.54, 1.807) is 6.92 Å². The number of aryl methyl sites for hydroxylation is 1. The summed E-state index contributed by atoms with van der Waals surface area (Å²) in [5.74, 6) is -1.05. The molecule has 0 aliphatic carbocycles. The molecule has 0 unspecified atom stereocenters. The molecule has 92 valence electrons. The summed E-state index contributed by atoms with van der Waals surface area (Å²) in [5.41, 5.74) is 0.872. The Morgan fingerprint density at radius 3 is 2.50 bits per heavy atom. The minimum atomic E-state index is -0.481. The Hall–Kier alpha value is -2.30. The fourth-order valence-electron chi connectivity index (χ4n) is 1.52. The topological polar surface area (TPSA) is 42.0 Å². The zero-order valence-corrected chi connectivity index (χ0v) is 9.58. The third kappa shape index (κ3) is 2.68. The molecule has 1 heterocycles. The van der Waals surface area contributed by atoms with Crippen molar-refractivity contribution in [1.82, 2.24) is 4.98 Å². The van der Waals surface area contributed by atoms with Crippen molar-refractivity contribution in [2.45, 2.75) is 6.92 Å². The molecule has 0 aliphatic rings. The highest BCUT2D eigenvalue weighted by molar-refractivity contribution is 6.04. The van der Waals surface area contributed by atoms with Crippen LogP contribution in [0.5, 0.6) is 0 Å². The Morgan fingerprint density at radius 1 is 1.17 bits per heavy atom. The Bertz CT molecular complexity index is 582. The number of nitrogens with one attached hydrogen (secondary N) is 1. The largest absolute Gasteiger partial charge is 0.307 e. The van der Waals surface area contributed by atoms with Gasteiger partial charge < -0.3 is 5.32 Å². The Kier molecular flexibility index (Phi) is 3.32. The highest BCUT2D eigenvalue weighted by Crippen LogP contribution is 2.12. The molecular formula is C13H10F2N2O. The van der Waals surface area contributed by atoms with Crippen LogP contribution in [0, 0.1) is 18.6 Å². The van der Waals surface area contributed by atoms with Crippen LogP contribution in [-0.2, 0) is 0 Å². The molecule has 0 bridgehead atoms. The quantitative estimate of drug-likeness (QED) is 0.887. The summed E-state index contributed by atoms with van der Waals surface area (Å²) in [6.45, 7) is 1.64. The molecule has 0 radical (unpaired) electrons. The van der Waals surface area contributed by atoms with Gasteiger partial charge in [0.05, 0.1) is 6.20 Å². The third-order valence-electron chi connectivity index (χ3n) is 2.40. The second-order valence-corrected chi connectivity index (χ2v) is 3.78. The number of pyridine rings is 1. The second-order valence-electron chi connectivity index (χ2n) is 3.78. The lowest BCUT2D eigenvalue weighted by molar-refractivity contribution is 0.102. The van der Waals surface area contributed by atoms with E-state index in [9.17, 15) is 13.6 Å². The van der Waals surface area contributed by atoms with Gasteiger partial charge in [0.15, 0.2) is 0 Å². The molecule has 2 aromatic rings. The molecule has 3 nitrogen and oxygen atoms in total. The van der Waals surface area contributed by atoms with Gasteiger partial charge >= 0.3 is 0 Å². The predicted molar refractivity (Wildman–Crippen MR) is 63.3 cm³/mol. The van der Waals surface area contributed by atoms with E-state index in [1.165, 1.54) is 30.3 Å². The molecule has 1 amide bonds. The summed E-state index contributed by atoms with van der Waals surface area (Å²) in [7, 11) is 0. The van der Waals surface area contributed by atoms with E-state index in [0.717, 1.165) is 6.20 Å². The first-order chi connectivity index (χ1) is 8.56. The number of nitrogens with zero attached hydrogens (tertiary/aromatic N) is 1. The molecule has 0 spiro atoms. The number of hydrogen-bond donors (Lipinski definition) is 1. The van der Waals surface area contributed by atoms with Gasteiger partial charge in [-0.25, -0.2) is 13.8 Å². The zero-order valence-electron chi connectivity index (χ0n) is 9.58. The second kappa shape index (κ2) is 4.91. The molecular weight excluding hydrogens is 238 g/mol. The SMILES string of the molecule is Cc1cc(F)ccc1C(=O)Nc1ccc(F)cn1. The smallest absolute Gasteiger partial charge is 0.257 e. The van der Waals surface area contributed by atoms with Crippen LogP contribution in [0.3, 0.4) is 0 Å². The van der Waals surface area contributed by atoms with Gasteiger partial charge in [-0.3, -0.25) is 4.79 Å². The molecule has 0 saturated carbocycles. The van der Waals surface area contributed by atoms with Crippen LogP contribution in [-0.4, -0.2) is 10.9 Å². The molecule has 2 rings (SSSR count). The van der Waals surface area contributed by atoms with Gasteiger partial charge in [0, 0.05) is 5.56 Å². The van der Waals surface area contributed by atoms with Gasteiger partial charge in [-0.2, -0.15) is 0 Å². The average molecular weight is 248 g/mol. The third-order valence-corrected chi connectivity index (χ3v) is 2.40. The molecule has 0 aliphatic heterocycles. The molecule has 1 N–H and O–H groups in total. The molecule has 18 heavy (non-hydrogen) atoms. The maximum atomic E-state index is 12.9. The van der Waals surface area contributed by atoms with E-state index in [1.807, 2.05) is 0 Å².